The summed E-state index contributed by atoms with van der Waals surface area (Å²) in [6, 6.07) is 3.40. The summed E-state index contributed by atoms with van der Waals surface area (Å²) in [5, 5.41) is 3.14. The minimum Gasteiger partial charge on any atom is -0.468 e. The number of fused-ring (bicyclic) bond motifs is 1. The van der Waals surface area contributed by atoms with Crippen LogP contribution in [0.4, 0.5) is 5.82 Å². The third-order valence-electron chi connectivity index (χ3n) is 5.38. The quantitative estimate of drug-likeness (QED) is 0.230. The third kappa shape index (κ3) is 5.76. The molecule has 3 aromatic rings. The van der Waals surface area contributed by atoms with Gasteiger partial charge in [0.25, 0.3) is 0 Å². The molecule has 0 saturated heterocycles. The summed E-state index contributed by atoms with van der Waals surface area (Å²) in [5.74, 6) is -0.255. The fraction of sp³-hybridized carbons (Fsp3) is 0.333. The maximum absolute atomic E-state index is 13.6. The lowest BCUT2D eigenvalue weighted by atomic mass is 10.1. The van der Waals surface area contributed by atoms with Crippen molar-refractivity contribution in [3.05, 3.63) is 53.1 Å². The Bertz CT molecular complexity index is 1320. The molecule has 0 amide bonds. The Balaban J connectivity index is 1.46. The number of carbonyl (C=O) groups is 1. The standard InChI is InChI=1S/C21H23Cl2N6O5P/c1-12(21(30)32-2)28-35(31,34-15-5-6-16(22)17(23)8-15)33-9-13-3-4-14(7-13)29-11-27-18-19(24)25-10-26-20(18)29/h3-6,8,10-14H,7,9H2,1-2H3,(H,28,31)(H2,24,25,26)/t12-,13-,14+,35?/m0/s1. The molecule has 3 N–H and O–H groups in total. The molecule has 2 heterocycles. The molecule has 186 valence electrons. The first-order chi connectivity index (χ1) is 16.7. The van der Waals surface area contributed by atoms with Crippen LogP contribution in [-0.4, -0.2) is 45.2 Å². The number of rotatable bonds is 9. The number of benzene rings is 1. The number of hydrogen-bond donors (Lipinski definition) is 2. The fourth-order valence-electron chi connectivity index (χ4n) is 3.62. The number of imidazole rings is 1. The van der Waals surface area contributed by atoms with Crippen molar-refractivity contribution in [1.82, 2.24) is 24.6 Å². The summed E-state index contributed by atoms with van der Waals surface area (Å²) < 4.78 is 31.6. The fourth-order valence-corrected chi connectivity index (χ4v) is 5.44. The van der Waals surface area contributed by atoms with Crippen molar-refractivity contribution in [3.63, 3.8) is 0 Å². The van der Waals surface area contributed by atoms with Crippen LogP contribution in [0.3, 0.4) is 0 Å². The van der Waals surface area contributed by atoms with Crippen molar-refractivity contribution in [2.24, 2.45) is 5.92 Å². The molecule has 0 saturated carbocycles. The smallest absolute Gasteiger partial charge is 0.459 e. The van der Waals surface area contributed by atoms with Crippen LogP contribution in [0.1, 0.15) is 19.4 Å². The molecule has 0 fully saturated rings. The number of methoxy groups -OCH3 is 1. The highest BCUT2D eigenvalue weighted by atomic mass is 35.5. The third-order valence-corrected chi connectivity index (χ3v) is 7.76. The van der Waals surface area contributed by atoms with Crippen LogP contribution in [0.2, 0.25) is 10.0 Å². The molecule has 1 aliphatic carbocycles. The van der Waals surface area contributed by atoms with Crippen LogP contribution in [0, 0.1) is 5.92 Å². The van der Waals surface area contributed by atoms with Crippen LogP contribution in [0.25, 0.3) is 11.2 Å². The van der Waals surface area contributed by atoms with Gasteiger partial charge in [0.1, 0.15) is 23.6 Å². The molecule has 4 atom stereocenters. The van der Waals surface area contributed by atoms with Gasteiger partial charge in [0.15, 0.2) is 11.5 Å². The highest BCUT2D eigenvalue weighted by molar-refractivity contribution is 7.52. The van der Waals surface area contributed by atoms with Crippen LogP contribution in [-0.2, 0) is 18.6 Å². The minimum atomic E-state index is -4.02. The number of halogens is 2. The van der Waals surface area contributed by atoms with Gasteiger partial charge in [-0.05, 0) is 25.5 Å². The van der Waals surface area contributed by atoms with E-state index in [1.165, 1.54) is 38.6 Å². The highest BCUT2D eigenvalue weighted by Crippen LogP contribution is 2.47. The SMILES string of the molecule is COC(=O)[C@H](C)NP(=O)(OC[C@H]1C=C[C@@H](n2cnc3c(N)ncnc32)C1)Oc1ccc(Cl)c(Cl)c1. The second-order valence-corrected chi connectivity index (χ2v) is 10.4. The second kappa shape index (κ2) is 10.5. The van der Waals surface area contributed by atoms with Crippen LogP contribution < -0.4 is 15.3 Å². The summed E-state index contributed by atoms with van der Waals surface area (Å²) in [4.78, 5) is 24.4. The Morgan fingerprint density at radius 3 is 2.83 bits per heavy atom. The molecule has 2 aromatic heterocycles. The Morgan fingerprint density at radius 1 is 1.29 bits per heavy atom. The number of nitrogens with one attached hydrogen (secondary N) is 1. The minimum absolute atomic E-state index is 0.0518. The number of anilines is 1. The lowest BCUT2D eigenvalue weighted by molar-refractivity contribution is -0.142. The molecule has 35 heavy (non-hydrogen) atoms. The molecule has 14 heteroatoms. The van der Waals surface area contributed by atoms with Gasteiger partial charge in [-0.15, -0.1) is 0 Å². The van der Waals surface area contributed by atoms with E-state index in [4.69, 9.17) is 42.7 Å². The van der Waals surface area contributed by atoms with Crippen molar-refractivity contribution in [1.29, 1.82) is 0 Å². The Kier molecular flexibility index (Phi) is 7.63. The van der Waals surface area contributed by atoms with Crippen LogP contribution in [0.5, 0.6) is 5.75 Å². The number of hydrogen-bond acceptors (Lipinski definition) is 9. The van der Waals surface area contributed by atoms with Gasteiger partial charge in [0.05, 0.1) is 36.1 Å². The van der Waals surface area contributed by atoms with Gasteiger partial charge in [-0.2, -0.15) is 5.09 Å². The van der Waals surface area contributed by atoms with Crippen molar-refractivity contribution in [2.45, 2.75) is 25.4 Å². The van der Waals surface area contributed by atoms with Gasteiger partial charge >= 0.3 is 13.7 Å². The molecule has 11 nitrogen and oxygen atoms in total. The molecule has 1 unspecified atom stereocenters. The molecule has 0 aliphatic heterocycles. The zero-order valence-corrected chi connectivity index (χ0v) is 21.2. The number of aromatic nitrogens is 4. The van der Waals surface area contributed by atoms with E-state index < -0.39 is 19.8 Å². The van der Waals surface area contributed by atoms with Crippen molar-refractivity contribution in [2.75, 3.05) is 19.5 Å². The summed E-state index contributed by atoms with van der Waals surface area (Å²) in [6.07, 6.45) is 7.62. The lowest BCUT2D eigenvalue weighted by Gasteiger charge is -2.24. The van der Waals surface area contributed by atoms with E-state index in [0.717, 1.165) is 0 Å². The summed E-state index contributed by atoms with van der Waals surface area (Å²) in [5.41, 5.74) is 7.03. The summed E-state index contributed by atoms with van der Waals surface area (Å²) in [7, 11) is -2.79. The zero-order valence-electron chi connectivity index (χ0n) is 18.8. The number of carbonyl (C=O) groups excluding carboxylic acids is 1. The number of allylic oxidation sites excluding steroid dienone is 1. The maximum Gasteiger partial charge on any atom is 0.459 e. The Labute approximate surface area is 211 Å². The number of nitrogen functional groups attached to an aromatic ring is 1. The van der Waals surface area contributed by atoms with Crippen LogP contribution in [0.15, 0.2) is 43.0 Å². The molecule has 0 bridgehead atoms. The van der Waals surface area contributed by atoms with Crippen molar-refractivity contribution in [3.8, 4) is 5.75 Å². The van der Waals surface area contributed by atoms with Crippen molar-refractivity contribution >= 4 is 53.9 Å². The van der Waals surface area contributed by atoms with E-state index in [2.05, 4.69) is 20.0 Å². The van der Waals surface area contributed by atoms with Gasteiger partial charge in [0.2, 0.25) is 0 Å². The van der Waals surface area contributed by atoms with E-state index >= 15 is 0 Å². The highest BCUT2D eigenvalue weighted by Gasteiger charge is 2.34. The molecule has 4 rings (SSSR count). The maximum atomic E-state index is 13.6. The van der Waals surface area contributed by atoms with E-state index in [1.54, 1.807) is 6.33 Å². The van der Waals surface area contributed by atoms with Gasteiger partial charge in [-0.25, -0.2) is 19.5 Å². The Hall–Kier alpha value is -2.69. The average molecular weight is 541 g/mol. The first-order valence-electron chi connectivity index (χ1n) is 10.6. The molecular formula is C21H23Cl2N6O5P. The van der Waals surface area contributed by atoms with Gasteiger partial charge in [-0.3, -0.25) is 9.32 Å². The van der Waals surface area contributed by atoms with E-state index in [-0.39, 0.29) is 29.3 Å². The second-order valence-electron chi connectivity index (χ2n) is 7.87. The molecule has 1 aliphatic rings. The normalized spacial score (nSPS) is 20.0. The average Bonchev–Trinajstić information content (AvgIpc) is 3.47. The van der Waals surface area contributed by atoms with Gasteiger partial charge < -0.3 is 19.6 Å². The molecular weight excluding hydrogens is 518 g/mol. The number of nitrogens with two attached hydrogens (primary N) is 1. The predicted octanol–water partition coefficient (Wildman–Crippen LogP) is 4.19. The number of esters is 1. The zero-order chi connectivity index (χ0) is 25.2. The van der Waals surface area contributed by atoms with Crippen molar-refractivity contribution < 1.29 is 23.1 Å². The van der Waals surface area contributed by atoms with E-state index in [9.17, 15) is 9.36 Å². The van der Waals surface area contributed by atoms with E-state index in [0.29, 0.717) is 28.4 Å². The lowest BCUT2D eigenvalue weighted by Crippen LogP contribution is -2.34. The number of nitrogens with zero attached hydrogens (tertiary/aromatic N) is 4. The van der Waals surface area contributed by atoms with Gasteiger partial charge in [-0.1, -0.05) is 35.4 Å². The summed E-state index contributed by atoms with van der Waals surface area (Å²) in [6.45, 7) is 1.54. The summed E-state index contributed by atoms with van der Waals surface area (Å²) >= 11 is 12.0. The topological polar surface area (TPSA) is 143 Å². The molecule has 0 radical (unpaired) electrons. The monoisotopic (exact) mass is 540 g/mol. The Morgan fingerprint density at radius 2 is 2.09 bits per heavy atom. The first kappa shape index (κ1) is 25.4. The van der Waals surface area contributed by atoms with Crippen LogP contribution >= 0.6 is 30.9 Å². The number of ether oxygens (including phenoxy) is 1. The predicted molar refractivity (Wildman–Crippen MR) is 131 cm³/mol. The molecule has 0 spiro atoms. The van der Waals surface area contributed by atoms with Gasteiger partial charge in [0, 0.05) is 12.0 Å². The molecule has 1 aromatic carbocycles. The largest absolute Gasteiger partial charge is 0.468 e. The first-order valence-corrected chi connectivity index (χ1v) is 12.8. The van der Waals surface area contributed by atoms with E-state index in [1.807, 2.05) is 16.7 Å².